The molecule has 2 fully saturated rings. The number of carbonyl (C=O) groups excluding carboxylic acids is 1. The van der Waals surface area contributed by atoms with Crippen LogP contribution in [0.1, 0.15) is 56.1 Å². The smallest absolute Gasteiger partial charge is 0.260 e. The Kier molecular flexibility index (Phi) is 6.95. The van der Waals surface area contributed by atoms with Crippen molar-refractivity contribution in [2.75, 3.05) is 32.8 Å². The van der Waals surface area contributed by atoms with Crippen molar-refractivity contribution in [1.29, 1.82) is 0 Å². The van der Waals surface area contributed by atoms with Crippen LogP contribution in [0.4, 0.5) is 0 Å². The van der Waals surface area contributed by atoms with E-state index >= 15 is 0 Å². The first-order valence-electron chi connectivity index (χ1n) is 10.4. The summed E-state index contributed by atoms with van der Waals surface area (Å²) in [6, 6.07) is 6.41. The number of hydrogen-bond donors (Lipinski definition) is 0. The summed E-state index contributed by atoms with van der Waals surface area (Å²) in [4.78, 5) is 17.5. The van der Waals surface area contributed by atoms with Gasteiger partial charge >= 0.3 is 0 Å². The Morgan fingerprint density at radius 2 is 1.85 bits per heavy atom. The lowest BCUT2D eigenvalue weighted by Crippen LogP contribution is -2.47. The third-order valence-corrected chi connectivity index (χ3v) is 6.08. The highest BCUT2D eigenvalue weighted by Gasteiger charge is 2.27. The second-order valence-electron chi connectivity index (χ2n) is 7.91. The number of benzene rings is 1. The van der Waals surface area contributed by atoms with E-state index in [9.17, 15) is 4.79 Å². The molecule has 1 amide bonds. The molecular formula is C22H34N2O2. The standard InChI is InChI=1S/C22H34N2O2/c1-18-9-8-11-21(19(18)2)26-17-22(25)24-15-7-4-10-20(24)12-16-23-13-5-3-6-14-23/h8-9,11,20H,3-7,10,12-17H2,1-2H3/t20-/m0/s1. The number of carbonyl (C=O) groups is 1. The first-order chi connectivity index (χ1) is 12.6. The minimum absolute atomic E-state index is 0.147. The molecule has 1 atom stereocenters. The highest BCUT2D eigenvalue weighted by Crippen LogP contribution is 2.23. The summed E-state index contributed by atoms with van der Waals surface area (Å²) in [5.74, 6) is 0.981. The first-order valence-corrected chi connectivity index (χ1v) is 10.4. The van der Waals surface area contributed by atoms with Crippen LogP contribution in [0.2, 0.25) is 0 Å². The molecule has 0 aliphatic carbocycles. The second kappa shape index (κ2) is 9.40. The van der Waals surface area contributed by atoms with Gasteiger partial charge in [0.25, 0.3) is 5.91 Å². The van der Waals surface area contributed by atoms with Crippen molar-refractivity contribution in [1.82, 2.24) is 9.80 Å². The number of aryl methyl sites for hydroxylation is 1. The van der Waals surface area contributed by atoms with Crippen LogP contribution in [0.15, 0.2) is 18.2 Å². The van der Waals surface area contributed by atoms with Gasteiger partial charge < -0.3 is 14.5 Å². The van der Waals surface area contributed by atoms with Gasteiger partial charge in [0.2, 0.25) is 0 Å². The van der Waals surface area contributed by atoms with Crippen LogP contribution in [0.5, 0.6) is 5.75 Å². The van der Waals surface area contributed by atoms with E-state index in [0.29, 0.717) is 6.04 Å². The van der Waals surface area contributed by atoms with Crippen LogP contribution in [-0.2, 0) is 4.79 Å². The summed E-state index contributed by atoms with van der Waals surface area (Å²) in [5, 5.41) is 0. The molecule has 0 spiro atoms. The number of amides is 1. The van der Waals surface area contributed by atoms with E-state index in [4.69, 9.17) is 4.74 Å². The predicted molar refractivity (Wildman–Crippen MR) is 106 cm³/mol. The fourth-order valence-electron chi connectivity index (χ4n) is 4.25. The molecule has 26 heavy (non-hydrogen) atoms. The van der Waals surface area contributed by atoms with E-state index < -0.39 is 0 Å². The zero-order valence-corrected chi connectivity index (χ0v) is 16.5. The zero-order valence-electron chi connectivity index (χ0n) is 16.5. The van der Waals surface area contributed by atoms with Gasteiger partial charge in [0.05, 0.1) is 0 Å². The second-order valence-corrected chi connectivity index (χ2v) is 7.91. The maximum Gasteiger partial charge on any atom is 0.260 e. The number of ether oxygens (including phenoxy) is 1. The van der Waals surface area contributed by atoms with Crippen molar-refractivity contribution >= 4 is 5.91 Å². The summed E-state index contributed by atoms with van der Waals surface area (Å²) in [7, 11) is 0. The van der Waals surface area contributed by atoms with Gasteiger partial charge in [0, 0.05) is 19.1 Å². The number of likely N-dealkylation sites (tertiary alicyclic amines) is 2. The monoisotopic (exact) mass is 358 g/mol. The zero-order chi connectivity index (χ0) is 18.4. The van der Waals surface area contributed by atoms with Gasteiger partial charge in [-0.2, -0.15) is 0 Å². The van der Waals surface area contributed by atoms with E-state index in [1.165, 1.54) is 44.3 Å². The SMILES string of the molecule is Cc1cccc(OCC(=O)N2CCCC[C@H]2CCN2CCCCC2)c1C. The van der Waals surface area contributed by atoms with E-state index in [1.807, 2.05) is 12.1 Å². The Bertz CT molecular complexity index is 596. The lowest BCUT2D eigenvalue weighted by molar-refractivity contribution is -0.137. The molecule has 144 valence electrons. The molecule has 0 aromatic heterocycles. The molecule has 1 aromatic rings. The molecule has 0 bridgehead atoms. The van der Waals surface area contributed by atoms with E-state index in [1.54, 1.807) is 0 Å². The van der Waals surface area contributed by atoms with Gasteiger partial charge in [0.15, 0.2) is 6.61 Å². The van der Waals surface area contributed by atoms with Crippen LogP contribution in [0.3, 0.4) is 0 Å². The predicted octanol–water partition coefficient (Wildman–Crippen LogP) is 3.94. The molecule has 0 radical (unpaired) electrons. The molecule has 0 N–H and O–H groups in total. The largest absolute Gasteiger partial charge is 0.483 e. The first kappa shape index (κ1) is 19.2. The maximum absolute atomic E-state index is 12.8. The third kappa shape index (κ3) is 5.00. The summed E-state index contributed by atoms with van der Waals surface area (Å²) in [5.41, 5.74) is 2.33. The summed E-state index contributed by atoms with van der Waals surface area (Å²) in [6.07, 6.45) is 8.65. The number of hydrogen-bond acceptors (Lipinski definition) is 3. The van der Waals surface area contributed by atoms with E-state index in [-0.39, 0.29) is 12.5 Å². The van der Waals surface area contributed by atoms with Crippen LogP contribution in [0.25, 0.3) is 0 Å². The van der Waals surface area contributed by atoms with Crippen molar-refractivity contribution in [2.45, 2.75) is 64.8 Å². The van der Waals surface area contributed by atoms with E-state index in [2.05, 4.69) is 29.7 Å². The van der Waals surface area contributed by atoms with E-state index in [0.717, 1.165) is 43.7 Å². The minimum atomic E-state index is 0.147. The third-order valence-electron chi connectivity index (χ3n) is 6.08. The Morgan fingerprint density at radius 3 is 2.65 bits per heavy atom. The molecule has 2 aliphatic rings. The Labute approximate surface area is 158 Å². The molecule has 1 aromatic carbocycles. The molecule has 0 saturated carbocycles. The molecular weight excluding hydrogens is 324 g/mol. The van der Waals surface area contributed by atoms with Crippen molar-refractivity contribution in [3.63, 3.8) is 0 Å². The Hall–Kier alpha value is -1.55. The maximum atomic E-state index is 12.8. The summed E-state index contributed by atoms with van der Waals surface area (Å²) >= 11 is 0. The number of rotatable bonds is 6. The number of piperidine rings is 2. The van der Waals surface area contributed by atoms with Gasteiger partial charge in [-0.25, -0.2) is 0 Å². The molecule has 2 saturated heterocycles. The quantitative estimate of drug-likeness (QED) is 0.772. The molecule has 4 nitrogen and oxygen atoms in total. The molecule has 2 aliphatic heterocycles. The normalized spacial score (nSPS) is 21.6. The van der Waals surface area contributed by atoms with Crippen molar-refractivity contribution in [2.24, 2.45) is 0 Å². The topological polar surface area (TPSA) is 32.8 Å². The summed E-state index contributed by atoms with van der Waals surface area (Å²) in [6.45, 7) is 8.77. The molecule has 0 unspecified atom stereocenters. The lowest BCUT2D eigenvalue weighted by atomic mass is 9.98. The molecule has 3 rings (SSSR count). The number of nitrogens with zero attached hydrogens (tertiary/aromatic N) is 2. The van der Waals surface area contributed by atoms with Crippen LogP contribution in [-0.4, -0.2) is 54.5 Å². The van der Waals surface area contributed by atoms with Gasteiger partial charge in [-0.1, -0.05) is 18.6 Å². The Balaban J connectivity index is 1.52. The highest BCUT2D eigenvalue weighted by molar-refractivity contribution is 5.78. The highest BCUT2D eigenvalue weighted by atomic mass is 16.5. The van der Waals surface area contributed by atoms with Crippen molar-refractivity contribution in [3.8, 4) is 5.75 Å². The van der Waals surface area contributed by atoms with Gasteiger partial charge in [-0.15, -0.1) is 0 Å². The molecule has 4 heteroatoms. The van der Waals surface area contributed by atoms with Gasteiger partial charge in [-0.3, -0.25) is 4.79 Å². The fraction of sp³-hybridized carbons (Fsp3) is 0.682. The Morgan fingerprint density at radius 1 is 1.08 bits per heavy atom. The van der Waals surface area contributed by atoms with Crippen LogP contribution >= 0.6 is 0 Å². The lowest BCUT2D eigenvalue weighted by Gasteiger charge is -2.37. The average Bonchev–Trinajstić information content (AvgIpc) is 2.68. The fourth-order valence-corrected chi connectivity index (χ4v) is 4.25. The average molecular weight is 359 g/mol. The molecule has 2 heterocycles. The van der Waals surface area contributed by atoms with Crippen molar-refractivity contribution in [3.05, 3.63) is 29.3 Å². The van der Waals surface area contributed by atoms with Crippen LogP contribution < -0.4 is 4.74 Å². The van der Waals surface area contributed by atoms with Gasteiger partial charge in [0.1, 0.15) is 5.75 Å². The van der Waals surface area contributed by atoms with Gasteiger partial charge in [-0.05, 0) is 82.7 Å². The van der Waals surface area contributed by atoms with Crippen LogP contribution in [0, 0.1) is 13.8 Å². The minimum Gasteiger partial charge on any atom is -0.483 e. The van der Waals surface area contributed by atoms with Crippen molar-refractivity contribution < 1.29 is 9.53 Å². The summed E-state index contributed by atoms with van der Waals surface area (Å²) < 4.78 is 5.87.